The number of anilines is 1. The van der Waals surface area contributed by atoms with Crippen LogP contribution in [-0.4, -0.2) is 39.6 Å². The fraction of sp³-hybridized carbons (Fsp3) is 0.562. The van der Waals surface area contributed by atoms with Gasteiger partial charge >= 0.3 is 0 Å². The highest BCUT2D eigenvalue weighted by Gasteiger charge is 2.30. The molecule has 7 heteroatoms. The molecule has 0 aliphatic carbocycles. The summed E-state index contributed by atoms with van der Waals surface area (Å²) in [6, 6.07) is 5.01. The normalized spacial score (nSPS) is 24.0. The first kappa shape index (κ1) is 16.4. The molecule has 1 aromatic carbocycles. The van der Waals surface area contributed by atoms with Gasteiger partial charge < -0.3 is 9.64 Å². The Hall–Kier alpha value is -1.44. The van der Waals surface area contributed by atoms with E-state index < -0.39 is 10.0 Å². The summed E-state index contributed by atoms with van der Waals surface area (Å²) in [4.78, 5) is 13.7. The maximum Gasteiger partial charge on any atom is 0.240 e. The Kier molecular flexibility index (Phi) is 4.44. The molecule has 2 atom stereocenters. The second kappa shape index (κ2) is 6.22. The first-order chi connectivity index (χ1) is 10.9. The van der Waals surface area contributed by atoms with Gasteiger partial charge in [0.1, 0.15) is 0 Å². The van der Waals surface area contributed by atoms with E-state index in [2.05, 4.69) is 4.72 Å². The van der Waals surface area contributed by atoms with Crippen molar-refractivity contribution in [3.8, 4) is 0 Å². The smallest absolute Gasteiger partial charge is 0.240 e. The van der Waals surface area contributed by atoms with Crippen LogP contribution in [0.25, 0.3) is 0 Å². The minimum absolute atomic E-state index is 0.0247. The van der Waals surface area contributed by atoms with Crippen molar-refractivity contribution < 1.29 is 17.9 Å². The number of nitrogens with one attached hydrogen (secondary N) is 1. The molecule has 3 rings (SSSR count). The summed E-state index contributed by atoms with van der Waals surface area (Å²) in [5, 5.41) is 0. The minimum Gasteiger partial charge on any atom is -0.377 e. The summed E-state index contributed by atoms with van der Waals surface area (Å²) in [6.45, 7) is 4.49. The molecule has 2 aliphatic rings. The first-order valence-corrected chi connectivity index (χ1v) is 9.41. The summed E-state index contributed by atoms with van der Waals surface area (Å²) in [5.74, 6) is -0.0247. The Morgan fingerprint density at radius 1 is 1.43 bits per heavy atom. The van der Waals surface area contributed by atoms with Crippen molar-refractivity contribution in [3.63, 3.8) is 0 Å². The lowest BCUT2D eigenvalue weighted by atomic mass is 10.1. The summed E-state index contributed by atoms with van der Waals surface area (Å²) in [6.07, 6.45) is 2.50. The molecule has 6 nitrogen and oxygen atoms in total. The Labute approximate surface area is 136 Å². The van der Waals surface area contributed by atoms with Gasteiger partial charge in [0.15, 0.2) is 0 Å². The van der Waals surface area contributed by atoms with E-state index >= 15 is 0 Å². The van der Waals surface area contributed by atoms with E-state index in [-0.39, 0.29) is 22.9 Å². The molecule has 1 N–H and O–H groups in total. The molecular formula is C16H22N2O4S. The molecule has 23 heavy (non-hydrogen) atoms. The van der Waals surface area contributed by atoms with Gasteiger partial charge in [-0.3, -0.25) is 4.79 Å². The van der Waals surface area contributed by atoms with Crippen molar-refractivity contribution in [2.24, 2.45) is 0 Å². The van der Waals surface area contributed by atoms with Crippen LogP contribution in [0.4, 0.5) is 5.69 Å². The van der Waals surface area contributed by atoms with Crippen LogP contribution in [0.5, 0.6) is 0 Å². The average Bonchev–Trinajstić information content (AvgIpc) is 3.10. The lowest BCUT2D eigenvalue weighted by molar-refractivity contribution is -0.116. The number of carbonyl (C=O) groups is 1. The first-order valence-electron chi connectivity index (χ1n) is 7.92. The van der Waals surface area contributed by atoms with Gasteiger partial charge in [0.25, 0.3) is 0 Å². The molecular weight excluding hydrogens is 316 g/mol. The highest BCUT2D eigenvalue weighted by atomic mass is 32.2. The predicted molar refractivity (Wildman–Crippen MR) is 86.9 cm³/mol. The summed E-state index contributed by atoms with van der Waals surface area (Å²) < 4.78 is 32.9. The number of fused-ring (bicyclic) bond motifs is 1. The number of hydrogen-bond acceptors (Lipinski definition) is 4. The maximum absolute atomic E-state index is 12.4. The number of benzene rings is 1. The molecule has 2 heterocycles. The molecule has 0 unspecified atom stereocenters. The second-order valence-corrected chi connectivity index (χ2v) is 7.99. The Bertz CT molecular complexity index is 711. The second-order valence-electron chi connectivity index (χ2n) is 6.22. The van der Waals surface area contributed by atoms with Gasteiger partial charge in [0.05, 0.1) is 11.0 Å². The lowest BCUT2D eigenvalue weighted by Gasteiger charge is -2.20. The number of rotatable bonds is 4. The van der Waals surface area contributed by atoms with Crippen molar-refractivity contribution >= 4 is 21.6 Å². The van der Waals surface area contributed by atoms with Gasteiger partial charge in [-0.05, 0) is 49.9 Å². The maximum atomic E-state index is 12.4. The van der Waals surface area contributed by atoms with Crippen LogP contribution in [0.2, 0.25) is 0 Å². The molecule has 1 fully saturated rings. The summed E-state index contributed by atoms with van der Waals surface area (Å²) in [5.41, 5.74) is 1.70. The van der Waals surface area contributed by atoms with E-state index in [1.807, 2.05) is 6.92 Å². The van der Waals surface area contributed by atoms with E-state index in [4.69, 9.17) is 4.74 Å². The average molecular weight is 338 g/mol. The molecule has 0 radical (unpaired) electrons. The number of carbonyl (C=O) groups excluding carboxylic acids is 1. The molecule has 0 aromatic heterocycles. The highest BCUT2D eigenvalue weighted by molar-refractivity contribution is 7.89. The van der Waals surface area contributed by atoms with Crippen molar-refractivity contribution in [2.45, 2.75) is 50.2 Å². The van der Waals surface area contributed by atoms with E-state index in [1.165, 1.54) is 6.92 Å². The van der Waals surface area contributed by atoms with Crippen molar-refractivity contribution in [3.05, 3.63) is 23.8 Å². The molecule has 126 valence electrons. The van der Waals surface area contributed by atoms with E-state index in [1.54, 1.807) is 23.1 Å². The summed E-state index contributed by atoms with van der Waals surface area (Å²) in [7, 11) is -3.56. The standard InChI is InChI=1S/C16H22N2O4S/c1-11-8-13-9-15(5-6-16(13)18(11)12(2)19)23(20,21)17-10-14-4-3-7-22-14/h5-6,9,11,14,17H,3-4,7-8,10H2,1-2H3/t11-,14+/m0/s1. The third kappa shape index (κ3) is 3.27. The largest absolute Gasteiger partial charge is 0.377 e. The van der Waals surface area contributed by atoms with Crippen LogP contribution in [-0.2, 0) is 26.0 Å². The number of ether oxygens (including phenoxy) is 1. The molecule has 1 saturated heterocycles. The van der Waals surface area contributed by atoms with Gasteiger partial charge in [0.2, 0.25) is 15.9 Å². The van der Waals surface area contributed by atoms with Gasteiger partial charge in [-0.15, -0.1) is 0 Å². The third-order valence-corrected chi connectivity index (χ3v) is 5.86. The summed E-state index contributed by atoms with van der Waals surface area (Å²) >= 11 is 0. The number of sulfonamides is 1. The zero-order chi connectivity index (χ0) is 16.6. The number of hydrogen-bond donors (Lipinski definition) is 1. The van der Waals surface area contributed by atoms with Crippen molar-refractivity contribution in [2.75, 3.05) is 18.1 Å². The van der Waals surface area contributed by atoms with Gasteiger partial charge in [-0.1, -0.05) is 0 Å². The number of amides is 1. The van der Waals surface area contributed by atoms with Crippen molar-refractivity contribution in [1.82, 2.24) is 4.72 Å². The third-order valence-electron chi connectivity index (χ3n) is 4.44. The highest BCUT2D eigenvalue weighted by Crippen LogP contribution is 2.33. The Morgan fingerprint density at radius 2 is 2.22 bits per heavy atom. The quantitative estimate of drug-likeness (QED) is 0.901. The van der Waals surface area contributed by atoms with Crippen LogP contribution in [0.1, 0.15) is 32.3 Å². The zero-order valence-electron chi connectivity index (χ0n) is 13.4. The molecule has 1 amide bonds. The zero-order valence-corrected chi connectivity index (χ0v) is 14.2. The Morgan fingerprint density at radius 3 is 2.87 bits per heavy atom. The fourth-order valence-electron chi connectivity index (χ4n) is 3.35. The molecule has 1 aromatic rings. The number of nitrogens with zero attached hydrogens (tertiary/aromatic N) is 1. The van der Waals surface area contributed by atoms with E-state index in [0.717, 1.165) is 24.1 Å². The van der Waals surface area contributed by atoms with Gasteiger partial charge in [-0.25, -0.2) is 13.1 Å². The van der Waals surface area contributed by atoms with E-state index in [9.17, 15) is 13.2 Å². The van der Waals surface area contributed by atoms with Gasteiger partial charge in [0, 0.05) is 31.8 Å². The minimum atomic E-state index is -3.56. The SMILES string of the molecule is CC(=O)N1c2ccc(S(=O)(=O)NC[C@H]3CCCO3)cc2C[C@@H]1C. The van der Waals surface area contributed by atoms with Gasteiger partial charge in [-0.2, -0.15) is 0 Å². The predicted octanol–water partition coefficient (Wildman–Crippen LogP) is 1.44. The molecule has 0 bridgehead atoms. The monoisotopic (exact) mass is 338 g/mol. The van der Waals surface area contributed by atoms with Crippen LogP contribution in [0.3, 0.4) is 0 Å². The van der Waals surface area contributed by atoms with Crippen LogP contribution in [0.15, 0.2) is 23.1 Å². The topological polar surface area (TPSA) is 75.7 Å². The Balaban J connectivity index is 1.79. The van der Waals surface area contributed by atoms with Crippen molar-refractivity contribution in [1.29, 1.82) is 0 Å². The molecule has 0 spiro atoms. The fourth-order valence-corrected chi connectivity index (χ4v) is 4.46. The molecule has 2 aliphatic heterocycles. The van der Waals surface area contributed by atoms with E-state index in [0.29, 0.717) is 19.6 Å². The van der Waals surface area contributed by atoms with Crippen LogP contribution < -0.4 is 9.62 Å². The van der Waals surface area contributed by atoms with Crippen LogP contribution >= 0.6 is 0 Å². The molecule has 0 saturated carbocycles. The van der Waals surface area contributed by atoms with Crippen LogP contribution in [0, 0.1) is 0 Å². The lowest BCUT2D eigenvalue weighted by Crippen LogP contribution is -2.33.